The van der Waals surface area contributed by atoms with Crippen molar-refractivity contribution in [3.8, 4) is 22.5 Å². The summed E-state index contributed by atoms with van der Waals surface area (Å²) >= 11 is 0. The topological polar surface area (TPSA) is 51.8 Å². The van der Waals surface area contributed by atoms with Gasteiger partial charge in [-0.1, -0.05) is 93.9 Å². The molecule has 6 aromatic rings. The van der Waals surface area contributed by atoms with E-state index in [1.807, 2.05) is 48.7 Å². The summed E-state index contributed by atoms with van der Waals surface area (Å²) in [6, 6.07) is 29.3. The molecule has 7 rings (SSSR count). The Kier molecular flexibility index (Phi) is 11.0. The summed E-state index contributed by atoms with van der Waals surface area (Å²) in [5.41, 5.74) is 8.61. The molecule has 2 aromatic carbocycles. The molecule has 0 N–H and O–H groups in total. The minimum Gasteiger partial charge on any atom is -0.486 e. The predicted molar refractivity (Wildman–Crippen MR) is 194 cm³/mol. The van der Waals surface area contributed by atoms with Gasteiger partial charge in [-0.15, -0.1) is 54.1 Å². The molecule has 0 unspecified atom stereocenters. The number of rotatable bonds is 5. The number of fused-ring (bicyclic) bond motifs is 3. The van der Waals surface area contributed by atoms with Crippen LogP contribution in [0.25, 0.3) is 44.6 Å². The van der Waals surface area contributed by atoms with Gasteiger partial charge in [-0.3, -0.25) is 0 Å². The summed E-state index contributed by atoms with van der Waals surface area (Å²) in [4.78, 5) is 13.7. The summed E-state index contributed by atoms with van der Waals surface area (Å²) in [5.74, 6) is 0.659. The monoisotopic (exact) mass is 816 g/mol. The Morgan fingerprint density at radius 3 is 2.34 bits per heavy atom. The third-order valence-corrected chi connectivity index (χ3v) is 10.9. The van der Waals surface area contributed by atoms with Crippen LogP contribution < -0.4 is 5.19 Å². The van der Waals surface area contributed by atoms with Gasteiger partial charge in [-0.2, -0.15) is 0 Å². The van der Waals surface area contributed by atoms with E-state index >= 15 is 0 Å². The predicted octanol–water partition coefficient (Wildman–Crippen LogP) is 10.6. The van der Waals surface area contributed by atoms with Gasteiger partial charge < -0.3 is 14.4 Å². The van der Waals surface area contributed by atoms with Gasteiger partial charge in [0.1, 0.15) is 0 Å². The average molecular weight is 816 g/mol. The van der Waals surface area contributed by atoms with E-state index in [0.717, 1.165) is 45.3 Å². The van der Waals surface area contributed by atoms with Crippen molar-refractivity contribution in [1.29, 1.82) is 0 Å². The van der Waals surface area contributed by atoms with Crippen LogP contribution >= 0.6 is 0 Å². The van der Waals surface area contributed by atoms with Crippen molar-refractivity contribution in [2.75, 3.05) is 0 Å². The van der Waals surface area contributed by atoms with Crippen LogP contribution in [0.15, 0.2) is 89.7 Å². The molecular weight excluding hydrogens is 771 g/mol. The van der Waals surface area contributed by atoms with Crippen LogP contribution in [0.1, 0.15) is 69.9 Å². The fraction of sp³-hybridized carbons (Fsp3) is 0.341. The molecule has 245 valence electrons. The van der Waals surface area contributed by atoms with Crippen molar-refractivity contribution in [2.24, 2.45) is 5.41 Å². The molecule has 1 aliphatic rings. The van der Waals surface area contributed by atoms with Gasteiger partial charge in [-0.25, -0.2) is 4.98 Å². The summed E-state index contributed by atoms with van der Waals surface area (Å²) in [5, 5.41) is 3.59. The molecular formula is C41H45IrN3OSi-2. The fourth-order valence-electron chi connectivity index (χ4n) is 6.63. The summed E-state index contributed by atoms with van der Waals surface area (Å²) in [6.07, 6.45) is 13.5. The molecule has 0 amide bonds. The third kappa shape index (κ3) is 8.35. The zero-order valence-corrected chi connectivity index (χ0v) is 31.9. The molecule has 47 heavy (non-hydrogen) atoms. The van der Waals surface area contributed by atoms with E-state index in [9.17, 15) is 0 Å². The summed E-state index contributed by atoms with van der Waals surface area (Å²) in [7, 11) is -1.37. The van der Waals surface area contributed by atoms with Gasteiger partial charge >= 0.3 is 0 Å². The number of furan rings is 1. The fourth-order valence-corrected chi connectivity index (χ4v) is 8.21. The number of hydrogen-bond acceptors (Lipinski definition) is 4. The second-order valence-corrected chi connectivity index (χ2v) is 19.9. The smallest absolute Gasteiger partial charge is 0.216 e. The SMILES string of the molecule is CC(C)(C)Cc1cc(-c2[c-]cccc2)ncc1[Si](C)(C)C.[Ir].[c-]1ccc2c(oc3ncccc32)c1-c1cc(C2CCCCC2)ccn1. The Morgan fingerprint density at radius 2 is 1.62 bits per heavy atom. The second kappa shape index (κ2) is 14.8. The standard InChI is InChI=1S/C22H19N2O.C19H26NSi.Ir/c1-2-6-15(7-3-1)16-11-13-23-20(14-16)19-9-4-8-17-18-10-5-12-24-22(18)25-21(17)19;1-19(2,3)13-16-12-17(15-10-8-7-9-11-15)20-14-18(16)21(4,5)6;/h4-5,8,10-15H,1-3,6-7H2;7-10,12,14H,13H2,1-6H3;/q2*-1;. The first-order valence-electron chi connectivity index (χ1n) is 16.7. The molecule has 1 aliphatic carbocycles. The van der Waals surface area contributed by atoms with Crippen LogP contribution in [0.4, 0.5) is 0 Å². The molecule has 0 atom stereocenters. The number of pyridine rings is 3. The van der Waals surface area contributed by atoms with Crippen LogP contribution in [0.3, 0.4) is 0 Å². The van der Waals surface area contributed by atoms with Crippen LogP contribution in [0.5, 0.6) is 0 Å². The minimum atomic E-state index is -1.37. The molecule has 4 aromatic heterocycles. The Hall–Kier alpha value is -3.44. The molecule has 0 aliphatic heterocycles. The van der Waals surface area contributed by atoms with Crippen molar-refractivity contribution in [3.05, 3.63) is 109 Å². The normalized spacial score (nSPS) is 14.0. The van der Waals surface area contributed by atoms with E-state index in [1.165, 1.54) is 48.4 Å². The molecule has 4 nitrogen and oxygen atoms in total. The van der Waals surface area contributed by atoms with E-state index in [0.29, 0.717) is 11.6 Å². The number of nitrogens with zero attached hydrogens (tertiary/aromatic N) is 3. The molecule has 0 saturated heterocycles. The van der Waals surface area contributed by atoms with Gasteiger partial charge in [0.2, 0.25) is 5.71 Å². The Bertz CT molecular complexity index is 1930. The zero-order valence-electron chi connectivity index (χ0n) is 28.5. The van der Waals surface area contributed by atoms with Crippen LogP contribution in [-0.4, -0.2) is 23.0 Å². The van der Waals surface area contributed by atoms with E-state index in [2.05, 4.69) is 93.0 Å². The minimum absolute atomic E-state index is 0. The number of hydrogen-bond donors (Lipinski definition) is 0. The first-order chi connectivity index (χ1) is 22.1. The number of aromatic nitrogens is 3. The second-order valence-electron chi connectivity index (χ2n) is 14.9. The van der Waals surface area contributed by atoms with Crippen molar-refractivity contribution < 1.29 is 24.5 Å². The third-order valence-electron chi connectivity index (χ3n) is 8.83. The maximum atomic E-state index is 6.04. The van der Waals surface area contributed by atoms with Crippen LogP contribution in [-0.2, 0) is 26.5 Å². The van der Waals surface area contributed by atoms with Gasteiger partial charge in [0.15, 0.2) is 0 Å². The quantitative estimate of drug-likeness (QED) is 0.128. The van der Waals surface area contributed by atoms with Crippen LogP contribution in [0, 0.1) is 17.5 Å². The number of benzene rings is 2. The van der Waals surface area contributed by atoms with E-state index < -0.39 is 8.07 Å². The van der Waals surface area contributed by atoms with E-state index in [4.69, 9.17) is 9.40 Å². The molecule has 0 spiro atoms. The Morgan fingerprint density at radius 1 is 0.809 bits per heavy atom. The van der Waals surface area contributed by atoms with Gasteiger partial charge in [0.25, 0.3) is 0 Å². The molecule has 1 fully saturated rings. The largest absolute Gasteiger partial charge is 0.486 e. The Balaban J connectivity index is 0.000000184. The van der Waals surface area contributed by atoms with Gasteiger partial charge in [0, 0.05) is 44.1 Å². The van der Waals surface area contributed by atoms with E-state index in [1.54, 1.807) is 6.20 Å². The molecule has 6 heteroatoms. The zero-order chi connectivity index (χ0) is 32.3. The average Bonchev–Trinajstić information content (AvgIpc) is 3.44. The maximum Gasteiger partial charge on any atom is 0.216 e. The summed E-state index contributed by atoms with van der Waals surface area (Å²) < 4.78 is 6.04. The molecule has 4 heterocycles. The first-order valence-corrected chi connectivity index (χ1v) is 20.2. The van der Waals surface area contributed by atoms with E-state index in [-0.39, 0.29) is 25.5 Å². The molecule has 0 bridgehead atoms. The van der Waals surface area contributed by atoms with Crippen molar-refractivity contribution in [1.82, 2.24) is 15.0 Å². The van der Waals surface area contributed by atoms with Crippen molar-refractivity contribution in [2.45, 2.75) is 84.9 Å². The summed E-state index contributed by atoms with van der Waals surface area (Å²) in [6.45, 7) is 14.1. The van der Waals surface area contributed by atoms with Crippen molar-refractivity contribution in [3.63, 3.8) is 0 Å². The Labute approximate surface area is 294 Å². The van der Waals surface area contributed by atoms with Crippen molar-refractivity contribution >= 4 is 35.3 Å². The maximum absolute atomic E-state index is 6.04. The van der Waals surface area contributed by atoms with Gasteiger partial charge in [0.05, 0.1) is 13.7 Å². The first kappa shape index (κ1) is 34.9. The van der Waals surface area contributed by atoms with Crippen LogP contribution in [0.2, 0.25) is 19.6 Å². The molecule has 1 radical (unpaired) electrons. The van der Waals surface area contributed by atoms with Gasteiger partial charge in [-0.05, 0) is 65.4 Å². The molecule has 1 saturated carbocycles.